The van der Waals surface area contributed by atoms with Gasteiger partial charge in [0.2, 0.25) is 0 Å². The highest BCUT2D eigenvalue weighted by Gasteiger charge is 2.44. The van der Waals surface area contributed by atoms with Gasteiger partial charge in [-0.2, -0.15) is 0 Å². The molecule has 7 heteroatoms. The molecule has 0 radical (unpaired) electrons. The van der Waals surface area contributed by atoms with E-state index < -0.39 is 0 Å². The Hall–Kier alpha value is -2.15. The molecule has 1 aliphatic carbocycles. The van der Waals surface area contributed by atoms with Crippen molar-refractivity contribution in [1.82, 2.24) is 19.7 Å². The molecule has 1 amide bonds. The van der Waals surface area contributed by atoms with E-state index in [0.717, 1.165) is 19.4 Å². The maximum atomic E-state index is 12.6. The summed E-state index contributed by atoms with van der Waals surface area (Å²) in [5.41, 5.74) is 0.614. The fourth-order valence-corrected chi connectivity index (χ4v) is 3.65. The van der Waals surface area contributed by atoms with Gasteiger partial charge >= 0.3 is 0 Å². The largest absolute Gasteiger partial charge is 0.472 e. The Morgan fingerprint density at radius 1 is 1.32 bits per heavy atom. The molecule has 2 aromatic heterocycles. The number of carbonyl (C=O) groups excluding carboxylic acids is 1. The number of fused-ring (bicyclic) bond motifs is 1. The summed E-state index contributed by atoms with van der Waals surface area (Å²) in [4.78, 5) is 14.6. The fraction of sp³-hybridized carbons (Fsp3) is 0.533. The summed E-state index contributed by atoms with van der Waals surface area (Å²) in [5, 5.41) is 7.68. The number of nitrogens with zero attached hydrogens (tertiary/aromatic N) is 4. The number of hydrogen-bond donors (Lipinski definition) is 0. The second-order valence-corrected chi connectivity index (χ2v) is 5.91. The summed E-state index contributed by atoms with van der Waals surface area (Å²) in [5.74, 6) is 0.429. The van der Waals surface area contributed by atoms with Gasteiger partial charge in [0.15, 0.2) is 0 Å². The normalized spacial score (nSPS) is 27.8. The third-order valence-electron chi connectivity index (χ3n) is 4.66. The second-order valence-electron chi connectivity index (χ2n) is 5.91. The zero-order valence-electron chi connectivity index (χ0n) is 12.2. The SMILES string of the molecule is O=C(c1ccoc1)N1CCO[C@@H]2[C@@H](Cn3cnnc3)CC[C@@H]21. The highest BCUT2D eigenvalue weighted by Crippen LogP contribution is 2.36. The van der Waals surface area contributed by atoms with Crippen LogP contribution in [0.2, 0.25) is 0 Å². The van der Waals surface area contributed by atoms with Gasteiger partial charge in [-0.15, -0.1) is 10.2 Å². The molecule has 1 saturated heterocycles. The van der Waals surface area contributed by atoms with Crippen molar-refractivity contribution in [3.8, 4) is 0 Å². The van der Waals surface area contributed by atoms with E-state index >= 15 is 0 Å². The Kier molecular flexibility index (Phi) is 3.42. The molecular weight excluding hydrogens is 284 g/mol. The lowest BCUT2D eigenvalue weighted by Crippen LogP contribution is -2.52. The van der Waals surface area contributed by atoms with Gasteiger partial charge < -0.3 is 18.6 Å². The van der Waals surface area contributed by atoms with Crippen LogP contribution < -0.4 is 0 Å². The first-order chi connectivity index (χ1) is 10.8. The third-order valence-corrected chi connectivity index (χ3v) is 4.66. The van der Waals surface area contributed by atoms with Gasteiger partial charge in [0, 0.05) is 19.0 Å². The average molecular weight is 302 g/mol. The molecule has 3 heterocycles. The van der Waals surface area contributed by atoms with Gasteiger partial charge in [0.05, 0.1) is 30.6 Å². The van der Waals surface area contributed by atoms with Crippen LogP contribution in [0, 0.1) is 5.92 Å². The molecule has 2 aliphatic rings. The van der Waals surface area contributed by atoms with Crippen molar-refractivity contribution in [2.75, 3.05) is 13.2 Å². The third kappa shape index (κ3) is 2.31. The molecule has 7 nitrogen and oxygen atoms in total. The van der Waals surface area contributed by atoms with Gasteiger partial charge in [-0.1, -0.05) is 0 Å². The van der Waals surface area contributed by atoms with Crippen molar-refractivity contribution in [2.24, 2.45) is 5.92 Å². The second kappa shape index (κ2) is 5.57. The molecular formula is C15H18N4O3. The lowest BCUT2D eigenvalue weighted by Gasteiger charge is -2.39. The minimum Gasteiger partial charge on any atom is -0.472 e. The Balaban J connectivity index is 1.50. The molecule has 0 N–H and O–H groups in total. The minimum atomic E-state index is 0.0389. The molecule has 0 spiro atoms. The number of morpholine rings is 1. The van der Waals surface area contributed by atoms with E-state index in [0.29, 0.717) is 24.6 Å². The lowest BCUT2D eigenvalue weighted by molar-refractivity contribution is -0.0645. The van der Waals surface area contributed by atoms with E-state index in [2.05, 4.69) is 10.2 Å². The van der Waals surface area contributed by atoms with Crippen molar-refractivity contribution in [3.63, 3.8) is 0 Å². The van der Waals surface area contributed by atoms with Crippen LogP contribution in [0.25, 0.3) is 0 Å². The molecule has 0 unspecified atom stereocenters. The quantitative estimate of drug-likeness (QED) is 0.851. The van der Waals surface area contributed by atoms with Crippen LogP contribution in [-0.4, -0.2) is 50.9 Å². The standard InChI is InChI=1S/C15H18N4O3/c20-15(12-3-5-21-8-12)19-4-6-22-14-11(1-2-13(14)19)7-18-9-16-17-10-18/h3,5,8-11,13-14H,1-2,4,6-7H2/t11-,13+,14-/m1/s1. The molecule has 0 bridgehead atoms. The predicted molar refractivity (Wildman–Crippen MR) is 76.0 cm³/mol. The number of hydrogen-bond acceptors (Lipinski definition) is 5. The topological polar surface area (TPSA) is 73.4 Å². The predicted octanol–water partition coefficient (Wildman–Crippen LogP) is 1.19. The maximum Gasteiger partial charge on any atom is 0.257 e. The lowest BCUT2D eigenvalue weighted by atomic mass is 10.0. The van der Waals surface area contributed by atoms with Crippen molar-refractivity contribution in [3.05, 3.63) is 36.8 Å². The Labute approximate surface area is 127 Å². The van der Waals surface area contributed by atoms with E-state index in [1.807, 2.05) is 9.47 Å². The van der Waals surface area contributed by atoms with E-state index in [1.54, 1.807) is 18.7 Å². The van der Waals surface area contributed by atoms with Crippen LogP contribution in [0.1, 0.15) is 23.2 Å². The number of carbonyl (C=O) groups is 1. The van der Waals surface area contributed by atoms with Gasteiger partial charge in [-0.3, -0.25) is 4.79 Å². The van der Waals surface area contributed by atoms with Gasteiger partial charge in [0.1, 0.15) is 18.9 Å². The van der Waals surface area contributed by atoms with Crippen LogP contribution in [0.5, 0.6) is 0 Å². The molecule has 116 valence electrons. The van der Waals surface area contributed by atoms with Gasteiger partial charge in [-0.25, -0.2) is 0 Å². The van der Waals surface area contributed by atoms with Crippen molar-refractivity contribution in [2.45, 2.75) is 31.5 Å². The first kappa shape index (κ1) is 13.5. The van der Waals surface area contributed by atoms with Crippen LogP contribution in [0.3, 0.4) is 0 Å². The highest BCUT2D eigenvalue weighted by atomic mass is 16.5. The maximum absolute atomic E-state index is 12.6. The van der Waals surface area contributed by atoms with Crippen LogP contribution >= 0.6 is 0 Å². The van der Waals surface area contributed by atoms with E-state index in [9.17, 15) is 4.79 Å². The molecule has 1 aliphatic heterocycles. The monoisotopic (exact) mass is 302 g/mol. The van der Waals surface area contributed by atoms with Gasteiger partial charge in [0.25, 0.3) is 5.91 Å². The fourth-order valence-electron chi connectivity index (χ4n) is 3.65. The number of amides is 1. The molecule has 1 saturated carbocycles. The smallest absolute Gasteiger partial charge is 0.257 e. The molecule has 22 heavy (non-hydrogen) atoms. The number of ether oxygens (including phenoxy) is 1. The number of aromatic nitrogens is 3. The minimum absolute atomic E-state index is 0.0389. The van der Waals surface area contributed by atoms with Crippen molar-refractivity contribution < 1.29 is 13.9 Å². The first-order valence-corrected chi connectivity index (χ1v) is 7.60. The Bertz CT molecular complexity index is 625. The van der Waals surface area contributed by atoms with Crippen LogP contribution in [0.15, 0.2) is 35.7 Å². The summed E-state index contributed by atoms with van der Waals surface area (Å²) in [6, 6.07) is 1.87. The molecule has 0 aromatic carbocycles. The molecule has 3 atom stereocenters. The summed E-state index contributed by atoms with van der Waals surface area (Å²) in [6.45, 7) is 2.07. The number of furan rings is 1. The van der Waals surface area contributed by atoms with E-state index in [1.165, 1.54) is 12.5 Å². The van der Waals surface area contributed by atoms with Crippen molar-refractivity contribution >= 4 is 5.91 Å². The van der Waals surface area contributed by atoms with Crippen LogP contribution in [0.4, 0.5) is 0 Å². The molecule has 4 rings (SSSR count). The molecule has 2 aromatic rings. The first-order valence-electron chi connectivity index (χ1n) is 7.60. The summed E-state index contributed by atoms with van der Waals surface area (Å²) < 4.78 is 13.0. The zero-order valence-corrected chi connectivity index (χ0v) is 12.2. The Morgan fingerprint density at radius 3 is 2.95 bits per heavy atom. The molecule has 2 fully saturated rings. The van der Waals surface area contributed by atoms with Crippen LogP contribution in [-0.2, 0) is 11.3 Å². The van der Waals surface area contributed by atoms with E-state index in [4.69, 9.17) is 9.15 Å². The summed E-state index contributed by atoms with van der Waals surface area (Å²) in [6.07, 6.45) is 8.61. The zero-order chi connectivity index (χ0) is 14.9. The van der Waals surface area contributed by atoms with Gasteiger partial charge in [-0.05, 0) is 18.9 Å². The summed E-state index contributed by atoms with van der Waals surface area (Å²) >= 11 is 0. The van der Waals surface area contributed by atoms with E-state index in [-0.39, 0.29) is 18.1 Å². The number of rotatable bonds is 3. The van der Waals surface area contributed by atoms with Crippen molar-refractivity contribution in [1.29, 1.82) is 0 Å². The summed E-state index contributed by atoms with van der Waals surface area (Å²) in [7, 11) is 0. The highest BCUT2D eigenvalue weighted by molar-refractivity contribution is 5.94. The Morgan fingerprint density at radius 2 is 2.18 bits per heavy atom. The average Bonchev–Trinajstić information content (AvgIpc) is 3.29.